The molecule has 8 nitrogen and oxygen atoms in total. The van der Waals surface area contributed by atoms with Gasteiger partial charge in [0.1, 0.15) is 0 Å². The average molecular weight is 500 g/mol. The Kier molecular flexibility index (Phi) is 7.61. The van der Waals surface area contributed by atoms with E-state index in [0.29, 0.717) is 38.3 Å². The van der Waals surface area contributed by atoms with E-state index in [1.807, 2.05) is 0 Å². The number of hydrogen-bond donors (Lipinski definition) is 1. The van der Waals surface area contributed by atoms with Gasteiger partial charge in [0.25, 0.3) is 0 Å². The predicted molar refractivity (Wildman–Crippen MR) is 124 cm³/mol. The molecule has 0 saturated carbocycles. The highest BCUT2D eigenvalue weighted by atomic mass is 35.5. The second-order valence-electron chi connectivity index (χ2n) is 7.77. The molecule has 11 heteroatoms. The van der Waals surface area contributed by atoms with Gasteiger partial charge in [-0.15, -0.1) is 0 Å². The van der Waals surface area contributed by atoms with Crippen LogP contribution in [0.5, 0.6) is 0 Å². The first-order valence-electron chi connectivity index (χ1n) is 10.1. The molecule has 174 valence electrons. The van der Waals surface area contributed by atoms with E-state index < -0.39 is 19.9 Å². The van der Waals surface area contributed by atoms with Crippen LogP contribution in [0.15, 0.2) is 52.3 Å². The fourth-order valence-electron chi connectivity index (χ4n) is 3.54. The van der Waals surface area contributed by atoms with Gasteiger partial charge in [-0.05, 0) is 48.9 Å². The van der Waals surface area contributed by atoms with Crippen molar-refractivity contribution in [3.05, 3.63) is 53.1 Å². The van der Waals surface area contributed by atoms with E-state index in [0.717, 1.165) is 12.1 Å². The molecule has 0 atom stereocenters. The lowest BCUT2D eigenvalue weighted by Crippen LogP contribution is -2.35. The number of carbonyl (C=O) groups excluding carboxylic acids is 1. The van der Waals surface area contributed by atoms with Crippen LogP contribution in [-0.4, -0.2) is 64.4 Å². The third-order valence-corrected chi connectivity index (χ3v) is 8.53. The van der Waals surface area contributed by atoms with Gasteiger partial charge in [0.2, 0.25) is 15.9 Å². The van der Waals surface area contributed by atoms with Crippen LogP contribution < -0.4 is 5.32 Å². The van der Waals surface area contributed by atoms with Crippen LogP contribution in [0.4, 0.5) is 5.69 Å². The summed E-state index contributed by atoms with van der Waals surface area (Å²) in [7, 11) is -6.97. The Balaban J connectivity index is 1.67. The topological polar surface area (TPSA) is 104 Å². The van der Waals surface area contributed by atoms with Crippen LogP contribution in [0.25, 0.3) is 0 Å². The highest BCUT2D eigenvalue weighted by Gasteiger charge is 2.27. The van der Waals surface area contributed by atoms with E-state index in [-0.39, 0.29) is 20.7 Å². The second kappa shape index (κ2) is 9.88. The van der Waals surface area contributed by atoms with Crippen LogP contribution >= 0.6 is 11.6 Å². The molecule has 1 heterocycles. The van der Waals surface area contributed by atoms with Gasteiger partial charge in [0.05, 0.1) is 20.5 Å². The summed E-state index contributed by atoms with van der Waals surface area (Å²) in [5, 5.41) is 2.72. The van der Waals surface area contributed by atoms with Crippen molar-refractivity contribution in [1.82, 2.24) is 9.21 Å². The number of hydrogen-bond acceptors (Lipinski definition) is 6. The number of anilines is 1. The summed E-state index contributed by atoms with van der Waals surface area (Å²) >= 11 is 6.16. The molecule has 1 N–H and O–H groups in total. The largest absolute Gasteiger partial charge is 0.325 e. The summed E-state index contributed by atoms with van der Waals surface area (Å²) in [4.78, 5) is 13.7. The number of rotatable bonds is 6. The number of nitrogens with one attached hydrogen (secondary N) is 1. The van der Waals surface area contributed by atoms with Crippen LogP contribution in [0.2, 0.25) is 5.02 Å². The van der Waals surface area contributed by atoms with Crippen molar-refractivity contribution in [3.63, 3.8) is 0 Å². The molecule has 3 rings (SSSR count). The van der Waals surface area contributed by atoms with Gasteiger partial charge < -0.3 is 5.32 Å². The van der Waals surface area contributed by atoms with E-state index in [1.165, 1.54) is 35.7 Å². The van der Waals surface area contributed by atoms with E-state index in [9.17, 15) is 21.6 Å². The number of halogens is 1. The lowest BCUT2D eigenvalue weighted by Gasteiger charge is -2.22. The lowest BCUT2D eigenvalue weighted by atomic mass is 10.2. The number of carbonyl (C=O) groups is 1. The summed E-state index contributed by atoms with van der Waals surface area (Å²) in [5.74, 6) is -0.291. The van der Waals surface area contributed by atoms with Crippen molar-refractivity contribution in [1.29, 1.82) is 0 Å². The Hall–Kier alpha value is -1.98. The fourth-order valence-corrected chi connectivity index (χ4v) is 5.96. The van der Waals surface area contributed by atoms with Crippen molar-refractivity contribution in [2.45, 2.75) is 29.7 Å². The SMILES string of the molecule is CC(=O)Nc1ccc(S(=O)(=O)N2CCCN(Cc3ccc(S(C)(=O)=O)cc3)CC2)cc1Cl. The Morgan fingerprint density at radius 3 is 2.22 bits per heavy atom. The third kappa shape index (κ3) is 6.08. The molecular formula is C21H26ClN3O5S2. The second-order valence-corrected chi connectivity index (χ2v) is 12.1. The fraction of sp³-hybridized carbons (Fsp3) is 0.381. The monoisotopic (exact) mass is 499 g/mol. The standard InChI is InChI=1S/C21H26ClN3O5S2/c1-16(26)23-21-9-8-19(14-20(21)22)32(29,30)25-11-3-10-24(12-13-25)15-17-4-6-18(7-5-17)31(2,27)28/h4-9,14H,3,10-13,15H2,1-2H3,(H,23,26). The van der Waals surface area contributed by atoms with Gasteiger partial charge >= 0.3 is 0 Å². The maximum absolute atomic E-state index is 13.1. The van der Waals surface area contributed by atoms with Crippen molar-refractivity contribution < 1.29 is 21.6 Å². The molecule has 0 radical (unpaired) electrons. The molecular weight excluding hydrogens is 474 g/mol. The molecule has 0 bridgehead atoms. The minimum atomic E-state index is -3.73. The number of nitrogens with zero attached hydrogens (tertiary/aromatic N) is 2. The van der Waals surface area contributed by atoms with E-state index in [4.69, 9.17) is 11.6 Å². The first kappa shape index (κ1) is 24.7. The van der Waals surface area contributed by atoms with Gasteiger partial charge in [-0.3, -0.25) is 9.69 Å². The maximum atomic E-state index is 13.1. The minimum absolute atomic E-state index is 0.0846. The maximum Gasteiger partial charge on any atom is 0.243 e. The van der Waals surface area contributed by atoms with E-state index >= 15 is 0 Å². The summed E-state index contributed by atoms with van der Waals surface area (Å²) in [6.45, 7) is 3.94. The minimum Gasteiger partial charge on any atom is -0.325 e. The predicted octanol–water partition coefficient (Wildman–Crippen LogP) is 2.60. The molecule has 1 saturated heterocycles. The smallest absolute Gasteiger partial charge is 0.243 e. The molecule has 1 aliphatic heterocycles. The highest BCUT2D eigenvalue weighted by molar-refractivity contribution is 7.90. The Morgan fingerprint density at radius 1 is 0.969 bits per heavy atom. The van der Waals surface area contributed by atoms with Crippen molar-refractivity contribution >= 4 is 43.1 Å². The van der Waals surface area contributed by atoms with Crippen molar-refractivity contribution in [2.24, 2.45) is 0 Å². The van der Waals surface area contributed by atoms with Crippen molar-refractivity contribution in [3.8, 4) is 0 Å². The summed E-state index contributed by atoms with van der Waals surface area (Å²) in [6, 6.07) is 11.0. The van der Waals surface area contributed by atoms with E-state index in [2.05, 4.69) is 10.2 Å². The number of sulfonamides is 1. The molecule has 0 spiro atoms. The summed E-state index contributed by atoms with van der Waals surface area (Å²) < 4.78 is 50.9. The van der Waals surface area contributed by atoms with Crippen LogP contribution in [-0.2, 0) is 31.2 Å². The van der Waals surface area contributed by atoms with Gasteiger partial charge in [-0.1, -0.05) is 23.7 Å². The van der Waals surface area contributed by atoms with Gasteiger partial charge in [-0.2, -0.15) is 4.31 Å². The van der Waals surface area contributed by atoms with Gasteiger partial charge in [0.15, 0.2) is 9.84 Å². The molecule has 0 aromatic heterocycles. The van der Waals surface area contributed by atoms with Crippen LogP contribution in [0.3, 0.4) is 0 Å². The first-order valence-corrected chi connectivity index (χ1v) is 13.8. The molecule has 1 aliphatic rings. The summed E-state index contributed by atoms with van der Waals surface area (Å²) in [5.41, 5.74) is 1.33. The van der Waals surface area contributed by atoms with Crippen LogP contribution in [0, 0.1) is 0 Å². The number of sulfone groups is 1. The molecule has 32 heavy (non-hydrogen) atoms. The Bertz CT molecular complexity index is 1200. The Labute approximate surface area is 194 Å². The number of amides is 1. The van der Waals surface area contributed by atoms with Crippen molar-refractivity contribution in [2.75, 3.05) is 37.8 Å². The zero-order chi connectivity index (χ0) is 23.5. The first-order chi connectivity index (χ1) is 15.0. The molecule has 1 fully saturated rings. The third-order valence-electron chi connectivity index (χ3n) is 5.19. The molecule has 2 aromatic carbocycles. The number of benzene rings is 2. The summed E-state index contributed by atoms with van der Waals surface area (Å²) in [6.07, 6.45) is 1.84. The molecule has 1 amide bonds. The average Bonchev–Trinajstić information content (AvgIpc) is 2.95. The van der Waals surface area contributed by atoms with Gasteiger partial charge in [0, 0.05) is 39.4 Å². The highest BCUT2D eigenvalue weighted by Crippen LogP contribution is 2.27. The zero-order valence-corrected chi connectivity index (χ0v) is 20.3. The van der Waals surface area contributed by atoms with E-state index in [1.54, 1.807) is 24.3 Å². The molecule has 0 unspecified atom stereocenters. The quantitative estimate of drug-likeness (QED) is 0.655. The van der Waals surface area contributed by atoms with Gasteiger partial charge in [-0.25, -0.2) is 16.8 Å². The zero-order valence-electron chi connectivity index (χ0n) is 17.9. The normalized spacial score (nSPS) is 16.5. The Morgan fingerprint density at radius 2 is 1.62 bits per heavy atom. The molecule has 2 aromatic rings. The lowest BCUT2D eigenvalue weighted by molar-refractivity contribution is -0.114. The van der Waals surface area contributed by atoms with Crippen LogP contribution in [0.1, 0.15) is 18.9 Å². The molecule has 0 aliphatic carbocycles.